The van der Waals surface area contributed by atoms with Crippen LogP contribution >= 0.6 is 0 Å². The summed E-state index contributed by atoms with van der Waals surface area (Å²) in [7, 11) is 0. The van der Waals surface area contributed by atoms with Gasteiger partial charge in [-0.3, -0.25) is 9.89 Å². The molecule has 0 aliphatic heterocycles. The molecule has 5 heteroatoms. The third-order valence-electron chi connectivity index (χ3n) is 2.67. The van der Waals surface area contributed by atoms with E-state index in [1.54, 1.807) is 0 Å². The summed E-state index contributed by atoms with van der Waals surface area (Å²) in [5.41, 5.74) is 2.13. The van der Waals surface area contributed by atoms with Crippen LogP contribution in [-0.2, 0) is 11.2 Å². The predicted octanol–water partition coefficient (Wildman–Crippen LogP) is 2.30. The molecule has 5 nitrogen and oxygen atoms in total. The Balaban J connectivity index is 1.82. The Morgan fingerprint density at radius 3 is 2.74 bits per heavy atom. The van der Waals surface area contributed by atoms with Crippen molar-refractivity contribution < 1.29 is 9.53 Å². The van der Waals surface area contributed by atoms with Crippen LogP contribution in [0.25, 0.3) is 0 Å². The lowest BCUT2D eigenvalue weighted by Gasteiger charge is -2.05. The molecule has 2 N–H and O–H groups in total. The number of nitrogens with one attached hydrogen (secondary N) is 2. The summed E-state index contributed by atoms with van der Waals surface area (Å²) < 4.78 is 5.38. The van der Waals surface area contributed by atoms with Crippen LogP contribution < -0.4 is 10.1 Å². The molecular weight excluding hydrogens is 242 g/mol. The Labute approximate surface area is 112 Å². The van der Waals surface area contributed by atoms with E-state index in [9.17, 15) is 4.79 Å². The molecule has 0 fully saturated rings. The summed E-state index contributed by atoms with van der Waals surface area (Å²) in [6.45, 7) is 3.98. The van der Waals surface area contributed by atoms with Gasteiger partial charge in [-0.05, 0) is 25.5 Å². The predicted molar refractivity (Wildman–Crippen MR) is 73.3 cm³/mol. The number of aryl methyl sites for hydroxylation is 2. The second kappa shape index (κ2) is 6.04. The number of carbonyl (C=O) groups is 1. The van der Waals surface area contributed by atoms with Crippen LogP contribution in [-0.4, -0.2) is 22.7 Å². The van der Waals surface area contributed by atoms with Gasteiger partial charge in [0.25, 0.3) is 5.91 Å². The SMILES string of the molecule is CCc1cc(NC(=O)COc2ccc(C)cc2)n[nH]1. The molecule has 0 aliphatic carbocycles. The maximum absolute atomic E-state index is 11.7. The van der Waals surface area contributed by atoms with Gasteiger partial charge in [0.05, 0.1) is 0 Å². The van der Waals surface area contributed by atoms with Gasteiger partial charge in [-0.25, -0.2) is 0 Å². The molecule has 100 valence electrons. The molecule has 2 aromatic rings. The van der Waals surface area contributed by atoms with Crippen molar-refractivity contribution in [1.82, 2.24) is 10.2 Å². The molecule has 0 saturated heterocycles. The zero-order chi connectivity index (χ0) is 13.7. The fourth-order valence-corrected chi connectivity index (χ4v) is 1.57. The molecule has 0 radical (unpaired) electrons. The first-order valence-corrected chi connectivity index (χ1v) is 6.21. The normalized spacial score (nSPS) is 10.2. The van der Waals surface area contributed by atoms with Crippen LogP contribution in [0.4, 0.5) is 5.82 Å². The van der Waals surface area contributed by atoms with Crippen molar-refractivity contribution in [2.45, 2.75) is 20.3 Å². The average Bonchev–Trinajstić information content (AvgIpc) is 2.86. The van der Waals surface area contributed by atoms with E-state index in [0.29, 0.717) is 11.6 Å². The molecule has 0 spiro atoms. The van der Waals surface area contributed by atoms with E-state index < -0.39 is 0 Å². The lowest BCUT2D eigenvalue weighted by atomic mass is 10.2. The van der Waals surface area contributed by atoms with E-state index >= 15 is 0 Å². The quantitative estimate of drug-likeness (QED) is 0.865. The van der Waals surface area contributed by atoms with Crippen molar-refractivity contribution in [3.63, 3.8) is 0 Å². The summed E-state index contributed by atoms with van der Waals surface area (Å²) in [4.78, 5) is 11.7. The van der Waals surface area contributed by atoms with Gasteiger partial charge >= 0.3 is 0 Å². The molecule has 1 amide bonds. The Hall–Kier alpha value is -2.30. The van der Waals surface area contributed by atoms with Crippen molar-refractivity contribution in [2.75, 3.05) is 11.9 Å². The van der Waals surface area contributed by atoms with Crippen molar-refractivity contribution in [2.24, 2.45) is 0 Å². The Bertz CT molecular complexity index is 546. The number of hydrogen-bond acceptors (Lipinski definition) is 3. The Morgan fingerprint density at radius 1 is 1.37 bits per heavy atom. The van der Waals surface area contributed by atoms with Gasteiger partial charge in [0.15, 0.2) is 12.4 Å². The van der Waals surface area contributed by atoms with Crippen LogP contribution in [0.15, 0.2) is 30.3 Å². The van der Waals surface area contributed by atoms with E-state index in [1.807, 2.05) is 44.2 Å². The smallest absolute Gasteiger partial charge is 0.263 e. The minimum absolute atomic E-state index is 0.0304. The summed E-state index contributed by atoms with van der Waals surface area (Å²) in [6, 6.07) is 9.37. The standard InChI is InChI=1S/C14H17N3O2/c1-3-11-8-13(17-16-11)15-14(18)9-19-12-6-4-10(2)5-7-12/h4-8H,3,9H2,1-2H3,(H2,15,16,17,18). The van der Waals surface area contributed by atoms with Gasteiger partial charge in [0.2, 0.25) is 0 Å². The second-order valence-corrected chi connectivity index (χ2v) is 4.28. The van der Waals surface area contributed by atoms with Crippen molar-refractivity contribution >= 4 is 11.7 Å². The van der Waals surface area contributed by atoms with Gasteiger partial charge in [-0.15, -0.1) is 0 Å². The highest BCUT2D eigenvalue weighted by atomic mass is 16.5. The molecule has 2 rings (SSSR count). The van der Waals surface area contributed by atoms with Crippen LogP contribution in [0.3, 0.4) is 0 Å². The molecule has 0 unspecified atom stereocenters. The monoisotopic (exact) mass is 259 g/mol. The number of hydrogen-bond donors (Lipinski definition) is 2. The molecular formula is C14H17N3O2. The number of amides is 1. The number of ether oxygens (including phenoxy) is 1. The Kier molecular flexibility index (Phi) is 4.18. The van der Waals surface area contributed by atoms with E-state index in [4.69, 9.17) is 4.74 Å². The third-order valence-corrected chi connectivity index (χ3v) is 2.67. The molecule has 19 heavy (non-hydrogen) atoms. The number of aromatic amines is 1. The van der Waals surface area contributed by atoms with Gasteiger partial charge in [-0.1, -0.05) is 24.6 Å². The zero-order valence-corrected chi connectivity index (χ0v) is 11.1. The minimum atomic E-state index is -0.227. The van der Waals surface area contributed by atoms with E-state index in [2.05, 4.69) is 15.5 Å². The number of anilines is 1. The highest BCUT2D eigenvalue weighted by Crippen LogP contribution is 2.11. The molecule has 1 aromatic heterocycles. The maximum Gasteiger partial charge on any atom is 0.263 e. The highest BCUT2D eigenvalue weighted by molar-refractivity contribution is 5.90. The molecule has 0 atom stereocenters. The fraction of sp³-hybridized carbons (Fsp3) is 0.286. The van der Waals surface area contributed by atoms with Crippen LogP contribution in [0.5, 0.6) is 5.75 Å². The molecule has 1 aromatic carbocycles. The van der Waals surface area contributed by atoms with Crippen molar-refractivity contribution in [1.29, 1.82) is 0 Å². The number of H-pyrrole nitrogens is 1. The van der Waals surface area contributed by atoms with E-state index in [0.717, 1.165) is 17.7 Å². The van der Waals surface area contributed by atoms with Crippen LogP contribution in [0.2, 0.25) is 0 Å². The van der Waals surface area contributed by atoms with Crippen molar-refractivity contribution in [3.05, 3.63) is 41.6 Å². The lowest BCUT2D eigenvalue weighted by molar-refractivity contribution is -0.118. The highest BCUT2D eigenvalue weighted by Gasteiger charge is 2.06. The first kappa shape index (κ1) is 13.1. The van der Waals surface area contributed by atoms with Crippen LogP contribution in [0, 0.1) is 6.92 Å². The summed E-state index contributed by atoms with van der Waals surface area (Å²) in [5, 5.41) is 9.49. The minimum Gasteiger partial charge on any atom is -0.484 e. The molecule has 1 heterocycles. The average molecular weight is 259 g/mol. The van der Waals surface area contributed by atoms with Crippen molar-refractivity contribution in [3.8, 4) is 5.75 Å². The molecule has 0 aliphatic rings. The second-order valence-electron chi connectivity index (χ2n) is 4.28. The topological polar surface area (TPSA) is 67.0 Å². The number of aromatic nitrogens is 2. The zero-order valence-electron chi connectivity index (χ0n) is 11.1. The number of rotatable bonds is 5. The first-order chi connectivity index (χ1) is 9.17. The van der Waals surface area contributed by atoms with E-state index in [1.165, 1.54) is 0 Å². The van der Waals surface area contributed by atoms with Gasteiger partial charge < -0.3 is 10.1 Å². The largest absolute Gasteiger partial charge is 0.484 e. The lowest BCUT2D eigenvalue weighted by Crippen LogP contribution is -2.20. The van der Waals surface area contributed by atoms with Gasteiger partial charge in [0.1, 0.15) is 5.75 Å². The number of benzene rings is 1. The Morgan fingerprint density at radius 2 is 2.11 bits per heavy atom. The van der Waals surface area contributed by atoms with Gasteiger partial charge in [0, 0.05) is 11.8 Å². The van der Waals surface area contributed by atoms with E-state index in [-0.39, 0.29) is 12.5 Å². The number of nitrogens with zero attached hydrogens (tertiary/aromatic N) is 1. The van der Waals surface area contributed by atoms with Gasteiger partial charge in [-0.2, -0.15) is 5.10 Å². The number of carbonyl (C=O) groups excluding carboxylic acids is 1. The first-order valence-electron chi connectivity index (χ1n) is 6.21. The summed E-state index contributed by atoms with van der Waals surface area (Å²) in [6.07, 6.45) is 0.850. The third kappa shape index (κ3) is 3.84. The maximum atomic E-state index is 11.7. The molecule has 0 saturated carbocycles. The van der Waals surface area contributed by atoms with Crippen LogP contribution in [0.1, 0.15) is 18.2 Å². The molecule has 0 bridgehead atoms. The summed E-state index contributed by atoms with van der Waals surface area (Å²) >= 11 is 0. The summed E-state index contributed by atoms with van der Waals surface area (Å²) in [5.74, 6) is 0.973. The fourth-order valence-electron chi connectivity index (χ4n) is 1.57.